The van der Waals surface area contributed by atoms with E-state index in [2.05, 4.69) is 53.2 Å². The van der Waals surface area contributed by atoms with Crippen LogP contribution < -0.4 is 9.88 Å². The van der Waals surface area contributed by atoms with Gasteiger partial charge >= 0.3 is 0 Å². The van der Waals surface area contributed by atoms with Crippen molar-refractivity contribution in [3.8, 4) is 0 Å². The number of fused-ring (bicyclic) bond motifs is 1. The Labute approximate surface area is 171 Å². The summed E-state index contributed by atoms with van der Waals surface area (Å²) in [5.74, 6) is 0.0236. The van der Waals surface area contributed by atoms with E-state index in [1.807, 2.05) is 36.1 Å². The summed E-state index contributed by atoms with van der Waals surface area (Å²) in [5.41, 5.74) is 4.47. The molecule has 1 amide bonds. The molecule has 0 spiro atoms. The van der Waals surface area contributed by atoms with Gasteiger partial charge in [-0.25, -0.2) is 4.57 Å². The van der Waals surface area contributed by atoms with Gasteiger partial charge in [0, 0.05) is 47.4 Å². The van der Waals surface area contributed by atoms with Gasteiger partial charge in [-0.2, -0.15) is 0 Å². The molecule has 1 aromatic carbocycles. The van der Waals surface area contributed by atoms with Gasteiger partial charge in [-0.3, -0.25) is 4.79 Å². The van der Waals surface area contributed by atoms with Crippen molar-refractivity contribution in [2.75, 3.05) is 13.2 Å². The molecule has 2 aromatic heterocycles. The Morgan fingerprint density at radius 2 is 2.03 bits per heavy atom. The van der Waals surface area contributed by atoms with E-state index in [-0.39, 0.29) is 12.0 Å². The number of nitrogens with one attached hydrogen (secondary N) is 1. The number of ether oxygens (including phenoxy) is 1. The third-order valence-electron chi connectivity index (χ3n) is 5.58. The fourth-order valence-corrected chi connectivity index (χ4v) is 3.91. The van der Waals surface area contributed by atoms with Crippen LogP contribution in [0, 0.1) is 6.92 Å². The Kier molecular flexibility index (Phi) is 5.76. The topological polar surface area (TPSA) is 47.1 Å². The van der Waals surface area contributed by atoms with Crippen molar-refractivity contribution in [3.63, 3.8) is 0 Å². The van der Waals surface area contributed by atoms with Gasteiger partial charge in [0.15, 0.2) is 12.4 Å². The normalized spacial score (nSPS) is 16.7. The molecule has 150 valence electrons. The number of nitrogens with zero attached hydrogens (tertiary/aromatic N) is 2. The molecule has 1 N–H and O–H groups in total. The van der Waals surface area contributed by atoms with Gasteiger partial charge < -0.3 is 14.6 Å². The molecule has 3 heterocycles. The third-order valence-corrected chi connectivity index (χ3v) is 5.58. The van der Waals surface area contributed by atoms with E-state index in [1.165, 1.54) is 0 Å². The molecule has 0 radical (unpaired) electrons. The number of hydrogen-bond acceptors (Lipinski definition) is 2. The van der Waals surface area contributed by atoms with Gasteiger partial charge in [-0.05, 0) is 31.4 Å². The molecule has 0 unspecified atom stereocenters. The number of benzene rings is 1. The largest absolute Gasteiger partial charge is 0.376 e. The highest BCUT2D eigenvalue weighted by molar-refractivity contribution is 5.94. The molecule has 0 saturated carbocycles. The zero-order valence-corrected chi connectivity index (χ0v) is 17.1. The van der Waals surface area contributed by atoms with E-state index >= 15 is 0 Å². The van der Waals surface area contributed by atoms with Gasteiger partial charge in [0.1, 0.15) is 13.6 Å². The minimum Gasteiger partial charge on any atom is -0.376 e. The number of carbonyl (C=O) groups is 1. The van der Waals surface area contributed by atoms with E-state index in [0.717, 1.165) is 47.2 Å². The SMILES string of the molecule is Cc1c(/C=C/c2cc[n+](C)cc2)c2ccccc2n1CC(=O)NC[C@@H]1CCCO1. The second kappa shape index (κ2) is 8.62. The Hall–Kier alpha value is -2.92. The first-order chi connectivity index (χ1) is 14.1. The van der Waals surface area contributed by atoms with Crippen molar-refractivity contribution < 1.29 is 14.1 Å². The maximum absolute atomic E-state index is 12.6. The number of amides is 1. The first-order valence-electron chi connectivity index (χ1n) is 10.2. The number of para-hydroxylation sites is 1. The van der Waals surface area contributed by atoms with Crippen molar-refractivity contribution in [1.82, 2.24) is 9.88 Å². The van der Waals surface area contributed by atoms with Crippen LogP contribution in [-0.4, -0.2) is 29.7 Å². The number of aromatic nitrogens is 2. The Balaban J connectivity index is 1.57. The molecule has 1 saturated heterocycles. The molecule has 1 fully saturated rings. The van der Waals surface area contributed by atoms with Crippen LogP contribution in [0.4, 0.5) is 0 Å². The van der Waals surface area contributed by atoms with Crippen molar-refractivity contribution in [2.45, 2.75) is 32.4 Å². The predicted molar refractivity (Wildman–Crippen MR) is 115 cm³/mol. The minimum atomic E-state index is 0.0236. The molecular formula is C24H28N3O2+. The molecule has 4 rings (SSSR count). The summed E-state index contributed by atoms with van der Waals surface area (Å²) in [6, 6.07) is 12.4. The van der Waals surface area contributed by atoms with E-state index in [1.54, 1.807) is 0 Å². The monoisotopic (exact) mass is 390 g/mol. The Morgan fingerprint density at radius 1 is 1.24 bits per heavy atom. The quantitative estimate of drug-likeness (QED) is 0.657. The zero-order chi connectivity index (χ0) is 20.2. The van der Waals surface area contributed by atoms with Crippen LogP contribution in [0.3, 0.4) is 0 Å². The summed E-state index contributed by atoms with van der Waals surface area (Å²) in [6.45, 7) is 3.79. The predicted octanol–water partition coefficient (Wildman–Crippen LogP) is 3.24. The highest BCUT2D eigenvalue weighted by Crippen LogP contribution is 2.27. The zero-order valence-electron chi connectivity index (χ0n) is 17.1. The van der Waals surface area contributed by atoms with Crippen LogP contribution in [0.5, 0.6) is 0 Å². The molecule has 0 bridgehead atoms. The Bertz CT molecular complexity index is 1030. The minimum absolute atomic E-state index is 0.0236. The molecular weight excluding hydrogens is 362 g/mol. The van der Waals surface area contributed by atoms with Gasteiger partial charge in [0.25, 0.3) is 0 Å². The van der Waals surface area contributed by atoms with Gasteiger partial charge in [-0.1, -0.05) is 30.4 Å². The lowest BCUT2D eigenvalue weighted by atomic mass is 10.1. The highest BCUT2D eigenvalue weighted by atomic mass is 16.5. The van der Waals surface area contributed by atoms with Gasteiger partial charge in [-0.15, -0.1) is 0 Å². The van der Waals surface area contributed by atoms with Crippen LogP contribution >= 0.6 is 0 Å². The number of aryl methyl sites for hydroxylation is 1. The maximum Gasteiger partial charge on any atom is 0.240 e. The van der Waals surface area contributed by atoms with Crippen LogP contribution in [0.2, 0.25) is 0 Å². The molecule has 1 aliphatic heterocycles. The van der Waals surface area contributed by atoms with Crippen LogP contribution in [0.15, 0.2) is 48.8 Å². The molecule has 29 heavy (non-hydrogen) atoms. The van der Waals surface area contributed by atoms with E-state index in [9.17, 15) is 4.79 Å². The fourth-order valence-electron chi connectivity index (χ4n) is 3.91. The number of rotatable bonds is 6. The first-order valence-corrected chi connectivity index (χ1v) is 10.2. The fraction of sp³-hybridized carbons (Fsp3) is 0.333. The smallest absolute Gasteiger partial charge is 0.240 e. The van der Waals surface area contributed by atoms with Crippen LogP contribution in [0.1, 0.15) is 29.7 Å². The van der Waals surface area contributed by atoms with E-state index < -0.39 is 0 Å². The van der Waals surface area contributed by atoms with Crippen molar-refractivity contribution in [3.05, 3.63) is 65.6 Å². The average Bonchev–Trinajstić information content (AvgIpc) is 3.34. The lowest BCUT2D eigenvalue weighted by molar-refractivity contribution is -0.671. The standard InChI is InChI=1S/C24H27N3O2/c1-18-21(10-9-19-11-13-26(2)14-12-19)22-7-3-4-8-23(22)27(18)17-24(28)25-16-20-6-5-15-29-20/h3-4,7-14,20H,5-6,15-17H2,1-2H3/p+1/t20-/m0/s1. The maximum atomic E-state index is 12.6. The summed E-state index contributed by atoms with van der Waals surface area (Å²) in [4.78, 5) is 12.6. The van der Waals surface area contributed by atoms with E-state index in [4.69, 9.17) is 4.74 Å². The van der Waals surface area contributed by atoms with Gasteiger partial charge in [0.2, 0.25) is 5.91 Å². The summed E-state index contributed by atoms with van der Waals surface area (Å²) in [5, 5.41) is 4.19. The van der Waals surface area contributed by atoms with Crippen molar-refractivity contribution in [1.29, 1.82) is 0 Å². The average molecular weight is 391 g/mol. The molecule has 0 aliphatic carbocycles. The second-order valence-corrected chi connectivity index (χ2v) is 7.67. The lowest BCUT2D eigenvalue weighted by Crippen LogP contribution is -2.34. The first kappa shape index (κ1) is 19.4. The molecule has 5 heteroatoms. The molecule has 1 aliphatic rings. The van der Waals surface area contributed by atoms with Crippen molar-refractivity contribution >= 4 is 29.0 Å². The molecule has 1 atom stereocenters. The van der Waals surface area contributed by atoms with Gasteiger partial charge in [0.05, 0.1) is 6.10 Å². The summed E-state index contributed by atoms with van der Waals surface area (Å²) in [7, 11) is 2.01. The third kappa shape index (κ3) is 4.40. The van der Waals surface area contributed by atoms with Crippen LogP contribution in [0.25, 0.3) is 23.1 Å². The van der Waals surface area contributed by atoms with Crippen LogP contribution in [-0.2, 0) is 23.1 Å². The molecule has 3 aromatic rings. The number of hydrogen-bond donors (Lipinski definition) is 1. The summed E-state index contributed by atoms with van der Waals surface area (Å²) >= 11 is 0. The number of carbonyl (C=O) groups excluding carboxylic acids is 1. The second-order valence-electron chi connectivity index (χ2n) is 7.67. The highest BCUT2D eigenvalue weighted by Gasteiger charge is 2.18. The summed E-state index contributed by atoms with van der Waals surface area (Å²) < 4.78 is 9.72. The lowest BCUT2D eigenvalue weighted by Gasteiger charge is -2.12. The number of pyridine rings is 1. The van der Waals surface area contributed by atoms with Crippen molar-refractivity contribution in [2.24, 2.45) is 7.05 Å². The summed E-state index contributed by atoms with van der Waals surface area (Å²) in [6.07, 6.45) is 10.6. The molecule has 5 nitrogen and oxygen atoms in total. The van der Waals surface area contributed by atoms with E-state index in [0.29, 0.717) is 13.1 Å². The Morgan fingerprint density at radius 3 is 2.79 bits per heavy atom.